The first-order valence-corrected chi connectivity index (χ1v) is 4.92. The summed E-state index contributed by atoms with van der Waals surface area (Å²) >= 11 is 1.57. The van der Waals surface area contributed by atoms with Gasteiger partial charge in [0.25, 0.3) is 0 Å². The van der Waals surface area contributed by atoms with E-state index in [4.69, 9.17) is 9.47 Å². The average molecular weight is 202 g/mol. The Morgan fingerprint density at radius 2 is 1.23 bits per heavy atom. The lowest BCUT2D eigenvalue weighted by Crippen LogP contribution is -2.28. The van der Waals surface area contributed by atoms with Gasteiger partial charge in [0.15, 0.2) is 9.87 Å². The summed E-state index contributed by atoms with van der Waals surface area (Å²) < 4.78 is 10.6. The molecule has 0 heterocycles. The molecule has 0 spiro atoms. The summed E-state index contributed by atoms with van der Waals surface area (Å²) in [4.78, 5) is -0.678. The molecular weight excluding hydrogens is 184 g/mol. The van der Waals surface area contributed by atoms with E-state index in [1.165, 1.54) is 12.5 Å². The monoisotopic (exact) mass is 202 g/mol. The first-order chi connectivity index (χ1) is 5.83. The number of hydrogen-bond donors (Lipinski definition) is 0. The van der Waals surface area contributed by atoms with Crippen molar-refractivity contribution in [3.05, 3.63) is 25.7 Å². The van der Waals surface area contributed by atoms with Gasteiger partial charge in [0.2, 0.25) is 0 Å². The Morgan fingerprint density at radius 3 is 1.46 bits per heavy atom. The van der Waals surface area contributed by atoms with E-state index >= 15 is 0 Å². The van der Waals surface area contributed by atoms with Crippen LogP contribution in [-0.2, 0) is 9.47 Å². The Hall–Kier alpha value is -0.570. The normalized spacial score (nSPS) is 12.0. The van der Waals surface area contributed by atoms with Crippen molar-refractivity contribution in [3.63, 3.8) is 0 Å². The van der Waals surface area contributed by atoms with Gasteiger partial charge in [0, 0.05) is 0 Å². The minimum absolute atomic E-state index is 0.339. The smallest absolute Gasteiger partial charge is 0.151 e. The Bertz CT molecular complexity index is 165. The Balaban J connectivity index is 4.22. The maximum absolute atomic E-state index is 5.32. The molecule has 0 aliphatic heterocycles. The van der Waals surface area contributed by atoms with Crippen molar-refractivity contribution >= 4 is 11.8 Å². The van der Waals surface area contributed by atoms with E-state index in [0.29, 0.717) is 0 Å². The SMILES string of the molecule is C=COC(C)(C)SC(C)(C)OC=C. The average Bonchev–Trinajstić information content (AvgIpc) is 1.82. The van der Waals surface area contributed by atoms with E-state index in [1.54, 1.807) is 11.8 Å². The van der Waals surface area contributed by atoms with E-state index in [0.717, 1.165) is 0 Å². The Kier molecular flexibility index (Phi) is 4.40. The van der Waals surface area contributed by atoms with Gasteiger partial charge in [-0.15, -0.1) is 0 Å². The molecule has 0 radical (unpaired) electrons. The van der Waals surface area contributed by atoms with Crippen LogP contribution in [0.2, 0.25) is 0 Å². The summed E-state index contributed by atoms with van der Waals surface area (Å²) in [5, 5.41) is 0. The fourth-order valence-corrected chi connectivity index (χ4v) is 2.46. The third-order valence-electron chi connectivity index (χ3n) is 1.23. The van der Waals surface area contributed by atoms with Crippen LogP contribution in [0.5, 0.6) is 0 Å². The largest absolute Gasteiger partial charge is 0.485 e. The Morgan fingerprint density at radius 1 is 0.923 bits per heavy atom. The van der Waals surface area contributed by atoms with Crippen molar-refractivity contribution < 1.29 is 9.47 Å². The molecule has 2 nitrogen and oxygen atoms in total. The lowest BCUT2D eigenvalue weighted by Gasteiger charge is -2.32. The van der Waals surface area contributed by atoms with E-state index in [1.807, 2.05) is 27.7 Å². The van der Waals surface area contributed by atoms with Gasteiger partial charge in [0.05, 0.1) is 12.5 Å². The van der Waals surface area contributed by atoms with Crippen LogP contribution in [-0.4, -0.2) is 9.87 Å². The molecule has 76 valence electrons. The van der Waals surface area contributed by atoms with Crippen molar-refractivity contribution in [2.75, 3.05) is 0 Å². The molecule has 0 atom stereocenters. The van der Waals surface area contributed by atoms with Gasteiger partial charge in [0.1, 0.15) is 0 Å². The number of hydrogen-bond acceptors (Lipinski definition) is 3. The van der Waals surface area contributed by atoms with Crippen LogP contribution in [0.3, 0.4) is 0 Å². The predicted molar refractivity (Wildman–Crippen MR) is 58.3 cm³/mol. The molecule has 0 aliphatic rings. The predicted octanol–water partition coefficient (Wildman–Crippen LogP) is 3.51. The maximum Gasteiger partial charge on any atom is 0.151 e. The first-order valence-electron chi connectivity index (χ1n) is 4.10. The minimum atomic E-state index is -0.339. The van der Waals surface area contributed by atoms with Gasteiger partial charge in [-0.25, -0.2) is 0 Å². The van der Waals surface area contributed by atoms with Gasteiger partial charge in [-0.3, -0.25) is 0 Å². The molecule has 0 rings (SSSR count). The lowest BCUT2D eigenvalue weighted by molar-refractivity contribution is 0.117. The number of rotatable bonds is 6. The molecule has 3 heteroatoms. The highest BCUT2D eigenvalue weighted by Gasteiger charge is 2.30. The molecule has 0 N–H and O–H groups in total. The summed E-state index contributed by atoms with van der Waals surface area (Å²) in [6.07, 6.45) is 2.88. The fraction of sp³-hybridized carbons (Fsp3) is 0.600. The topological polar surface area (TPSA) is 18.5 Å². The summed E-state index contributed by atoms with van der Waals surface area (Å²) in [5.41, 5.74) is 0. The standard InChI is InChI=1S/C10H18O2S/c1-7-11-9(3,4)13-10(5,6)12-8-2/h7-8H,1-2H2,3-6H3. The van der Waals surface area contributed by atoms with Crippen LogP contribution < -0.4 is 0 Å². The molecule has 0 unspecified atom stereocenters. The second kappa shape index (κ2) is 4.61. The highest BCUT2D eigenvalue weighted by molar-refractivity contribution is 8.01. The molecule has 0 bridgehead atoms. The van der Waals surface area contributed by atoms with Crippen molar-refractivity contribution in [2.45, 2.75) is 37.6 Å². The van der Waals surface area contributed by atoms with Crippen LogP contribution >= 0.6 is 11.8 Å². The van der Waals surface area contributed by atoms with E-state index in [2.05, 4.69) is 13.2 Å². The molecular formula is C10H18O2S. The van der Waals surface area contributed by atoms with Crippen molar-refractivity contribution in [1.29, 1.82) is 0 Å². The second-order valence-electron chi connectivity index (χ2n) is 3.47. The molecule has 0 aromatic heterocycles. The quantitative estimate of drug-likeness (QED) is 0.485. The third kappa shape index (κ3) is 5.64. The maximum atomic E-state index is 5.32. The zero-order valence-corrected chi connectivity index (χ0v) is 9.61. The minimum Gasteiger partial charge on any atom is -0.485 e. The fourth-order valence-electron chi connectivity index (χ4n) is 1.04. The van der Waals surface area contributed by atoms with Crippen molar-refractivity contribution in [1.82, 2.24) is 0 Å². The lowest BCUT2D eigenvalue weighted by atomic mass is 10.4. The molecule has 13 heavy (non-hydrogen) atoms. The van der Waals surface area contributed by atoms with Crippen LogP contribution in [0.4, 0.5) is 0 Å². The number of ether oxygens (including phenoxy) is 2. The molecule has 0 saturated heterocycles. The van der Waals surface area contributed by atoms with E-state index < -0.39 is 0 Å². The van der Waals surface area contributed by atoms with Gasteiger partial charge in [-0.2, -0.15) is 0 Å². The zero-order chi connectivity index (χ0) is 10.5. The second-order valence-corrected chi connectivity index (χ2v) is 5.64. The van der Waals surface area contributed by atoms with Gasteiger partial charge in [-0.1, -0.05) is 24.9 Å². The zero-order valence-electron chi connectivity index (χ0n) is 8.79. The molecule has 0 fully saturated rings. The van der Waals surface area contributed by atoms with Crippen LogP contribution in [0.15, 0.2) is 25.7 Å². The summed E-state index contributed by atoms with van der Waals surface area (Å²) in [5.74, 6) is 0. The number of thioether (sulfide) groups is 1. The van der Waals surface area contributed by atoms with E-state index in [9.17, 15) is 0 Å². The molecule has 0 saturated carbocycles. The van der Waals surface area contributed by atoms with Gasteiger partial charge in [-0.05, 0) is 27.7 Å². The molecule has 0 amide bonds. The van der Waals surface area contributed by atoms with Crippen molar-refractivity contribution in [3.8, 4) is 0 Å². The van der Waals surface area contributed by atoms with Gasteiger partial charge < -0.3 is 9.47 Å². The van der Waals surface area contributed by atoms with Crippen LogP contribution in [0.25, 0.3) is 0 Å². The first kappa shape index (κ1) is 12.4. The summed E-state index contributed by atoms with van der Waals surface area (Å²) in [6.45, 7) is 14.9. The molecule has 0 aromatic rings. The highest BCUT2D eigenvalue weighted by Crippen LogP contribution is 2.38. The molecule has 0 aliphatic carbocycles. The van der Waals surface area contributed by atoms with Crippen molar-refractivity contribution in [2.24, 2.45) is 0 Å². The van der Waals surface area contributed by atoms with Gasteiger partial charge >= 0.3 is 0 Å². The summed E-state index contributed by atoms with van der Waals surface area (Å²) in [6, 6.07) is 0. The highest BCUT2D eigenvalue weighted by atomic mass is 32.2. The summed E-state index contributed by atoms with van der Waals surface area (Å²) in [7, 11) is 0. The van der Waals surface area contributed by atoms with Crippen LogP contribution in [0, 0.1) is 0 Å². The molecule has 0 aromatic carbocycles. The van der Waals surface area contributed by atoms with Crippen LogP contribution in [0.1, 0.15) is 27.7 Å². The third-order valence-corrected chi connectivity index (χ3v) is 2.40. The van der Waals surface area contributed by atoms with E-state index in [-0.39, 0.29) is 9.87 Å². The Labute approximate surface area is 85.0 Å².